The number of carbonyl (C=O) groups excluding carboxylic acids is 2. The fraction of sp³-hybridized carbons (Fsp3) is 0.231. The largest absolute Gasteiger partial charge is 0.497 e. The average Bonchev–Trinajstić information content (AvgIpc) is 3.31. The number of nitrogens with one attached hydrogen (secondary N) is 2. The number of methoxy groups -OCH3 is 1. The summed E-state index contributed by atoms with van der Waals surface area (Å²) in [7, 11) is 1.59. The lowest BCUT2D eigenvalue weighted by Crippen LogP contribution is -2.27. The molecule has 0 aliphatic rings. The molecule has 4 rings (SSSR count). The van der Waals surface area contributed by atoms with Crippen LogP contribution in [0.3, 0.4) is 0 Å². The molecule has 0 atom stereocenters. The molecule has 0 spiro atoms. The van der Waals surface area contributed by atoms with Crippen molar-refractivity contribution in [2.24, 2.45) is 0 Å². The predicted molar refractivity (Wildman–Crippen MR) is 135 cm³/mol. The fourth-order valence-corrected chi connectivity index (χ4v) is 4.39. The van der Waals surface area contributed by atoms with Gasteiger partial charge in [-0.25, -0.2) is 9.78 Å². The third-order valence-electron chi connectivity index (χ3n) is 5.34. The molecule has 9 nitrogen and oxygen atoms in total. The van der Waals surface area contributed by atoms with E-state index in [0.29, 0.717) is 34.6 Å². The van der Waals surface area contributed by atoms with Crippen molar-refractivity contribution >= 4 is 33.4 Å². The molecule has 0 saturated carbocycles. The Hall–Kier alpha value is -4.02. The second-order valence-corrected chi connectivity index (χ2v) is 8.65. The highest BCUT2D eigenvalue weighted by Crippen LogP contribution is 2.22. The Morgan fingerprint density at radius 2 is 1.75 bits per heavy atom. The maximum atomic E-state index is 12.7. The van der Waals surface area contributed by atoms with Crippen molar-refractivity contribution in [3.05, 3.63) is 92.3 Å². The minimum Gasteiger partial charge on any atom is -0.497 e. The zero-order valence-electron chi connectivity index (χ0n) is 19.8. The zero-order chi connectivity index (χ0) is 25.5. The first-order valence-electron chi connectivity index (χ1n) is 11.2. The first-order valence-corrected chi connectivity index (χ1v) is 12.1. The summed E-state index contributed by atoms with van der Waals surface area (Å²) in [5.74, 6) is -0.152. The Bertz CT molecular complexity index is 1410. The van der Waals surface area contributed by atoms with E-state index in [1.165, 1.54) is 11.3 Å². The summed E-state index contributed by atoms with van der Waals surface area (Å²) in [6, 6.07) is 14.3. The van der Waals surface area contributed by atoms with Crippen molar-refractivity contribution in [3.63, 3.8) is 0 Å². The highest BCUT2D eigenvalue weighted by molar-refractivity contribution is 7.16. The number of thiophene rings is 1. The molecule has 2 heterocycles. The number of aromatic amines is 1. The number of benzene rings is 2. The van der Waals surface area contributed by atoms with Crippen molar-refractivity contribution < 1.29 is 23.8 Å². The van der Waals surface area contributed by atoms with Crippen molar-refractivity contribution in [2.45, 2.75) is 26.7 Å². The number of carbonyl (C=O) groups is 2. The summed E-state index contributed by atoms with van der Waals surface area (Å²) in [6.07, 6.45) is 0. The Balaban J connectivity index is 1.36. The summed E-state index contributed by atoms with van der Waals surface area (Å²) >= 11 is 1.28. The predicted octanol–water partition coefficient (Wildman–Crippen LogP) is 3.82. The van der Waals surface area contributed by atoms with Crippen LogP contribution >= 0.6 is 11.3 Å². The molecule has 0 radical (unpaired) electrons. The van der Waals surface area contributed by atoms with Gasteiger partial charge in [0, 0.05) is 12.1 Å². The maximum absolute atomic E-state index is 12.7. The van der Waals surface area contributed by atoms with Crippen LogP contribution in [0.25, 0.3) is 10.2 Å². The molecule has 0 aliphatic carbocycles. The van der Waals surface area contributed by atoms with E-state index in [1.807, 2.05) is 12.1 Å². The molecule has 0 bridgehead atoms. The molecular formula is C26H25N3O6S. The van der Waals surface area contributed by atoms with Gasteiger partial charge in [0.25, 0.3) is 11.5 Å². The van der Waals surface area contributed by atoms with Gasteiger partial charge in [-0.05, 0) is 47.7 Å². The number of aromatic nitrogens is 2. The molecule has 0 fully saturated rings. The molecule has 0 aliphatic heterocycles. The van der Waals surface area contributed by atoms with E-state index in [9.17, 15) is 14.4 Å². The highest BCUT2D eigenvalue weighted by atomic mass is 32.1. The summed E-state index contributed by atoms with van der Waals surface area (Å²) in [5, 5.41) is 4.97. The Labute approximate surface area is 211 Å². The van der Waals surface area contributed by atoms with Gasteiger partial charge in [-0.15, -0.1) is 11.3 Å². The quantitative estimate of drug-likeness (QED) is 0.313. The van der Waals surface area contributed by atoms with E-state index in [1.54, 1.807) is 55.8 Å². The van der Waals surface area contributed by atoms with Crippen LogP contribution in [0.15, 0.2) is 58.7 Å². The standard InChI is InChI=1S/C26H25N3O6S/c1-3-35-26(32)18-8-4-17(5-9-18)13-34-14-19-15-36-25-21(19)23(30)28-22(29-25)24(31)27-12-16-6-10-20(33-2)11-7-16/h4-11,15H,3,12-14H2,1-2H3,(H,27,31)(H,28,29,30). The number of hydrogen-bond acceptors (Lipinski definition) is 8. The minimum absolute atomic E-state index is 0.0444. The van der Waals surface area contributed by atoms with E-state index < -0.39 is 11.5 Å². The lowest BCUT2D eigenvalue weighted by atomic mass is 10.1. The molecular weight excluding hydrogens is 482 g/mol. The van der Waals surface area contributed by atoms with Crippen molar-refractivity contribution in [3.8, 4) is 5.75 Å². The Kier molecular flexibility index (Phi) is 8.09. The molecule has 2 aromatic carbocycles. The van der Waals surface area contributed by atoms with Gasteiger partial charge in [0.15, 0.2) is 0 Å². The molecule has 0 saturated heterocycles. The molecule has 2 N–H and O–H groups in total. The summed E-state index contributed by atoms with van der Waals surface area (Å²) in [6.45, 7) is 2.87. The molecule has 36 heavy (non-hydrogen) atoms. The summed E-state index contributed by atoms with van der Waals surface area (Å²) in [5.41, 5.74) is 2.54. The number of fused-ring (bicyclic) bond motifs is 1. The SMILES string of the molecule is CCOC(=O)c1ccc(COCc2csc3nc(C(=O)NCc4ccc(OC)cc4)[nH]c(=O)c23)cc1. The van der Waals surface area contributed by atoms with Gasteiger partial charge in [0.05, 0.1) is 37.9 Å². The topological polar surface area (TPSA) is 120 Å². The first kappa shape index (κ1) is 25.1. The summed E-state index contributed by atoms with van der Waals surface area (Å²) < 4.78 is 15.9. The molecule has 1 amide bonds. The van der Waals surface area contributed by atoms with Gasteiger partial charge >= 0.3 is 5.97 Å². The Morgan fingerprint density at radius 3 is 2.44 bits per heavy atom. The number of amides is 1. The Morgan fingerprint density at radius 1 is 1.03 bits per heavy atom. The number of hydrogen-bond donors (Lipinski definition) is 2. The number of H-pyrrole nitrogens is 1. The minimum atomic E-state index is -0.470. The lowest BCUT2D eigenvalue weighted by molar-refractivity contribution is 0.0526. The van der Waals surface area contributed by atoms with Crippen LogP contribution in [-0.4, -0.2) is 35.6 Å². The lowest BCUT2D eigenvalue weighted by Gasteiger charge is -2.07. The number of esters is 1. The summed E-state index contributed by atoms with van der Waals surface area (Å²) in [4.78, 5) is 44.4. The van der Waals surface area contributed by atoms with Crippen LogP contribution in [0.4, 0.5) is 0 Å². The van der Waals surface area contributed by atoms with Crippen molar-refractivity contribution in [1.82, 2.24) is 15.3 Å². The van der Waals surface area contributed by atoms with E-state index in [0.717, 1.165) is 16.9 Å². The van der Waals surface area contributed by atoms with E-state index in [4.69, 9.17) is 14.2 Å². The van der Waals surface area contributed by atoms with Gasteiger partial charge in [-0.3, -0.25) is 9.59 Å². The van der Waals surface area contributed by atoms with Gasteiger partial charge in [0.1, 0.15) is 10.6 Å². The number of nitrogens with zero attached hydrogens (tertiary/aromatic N) is 1. The zero-order valence-corrected chi connectivity index (χ0v) is 20.6. The van der Waals surface area contributed by atoms with Crippen molar-refractivity contribution in [2.75, 3.05) is 13.7 Å². The first-order chi connectivity index (χ1) is 17.5. The monoisotopic (exact) mass is 507 g/mol. The third-order valence-corrected chi connectivity index (χ3v) is 6.26. The normalized spacial score (nSPS) is 10.8. The van der Waals surface area contributed by atoms with Gasteiger partial charge in [-0.2, -0.15) is 0 Å². The number of rotatable bonds is 10. The molecule has 2 aromatic heterocycles. The smallest absolute Gasteiger partial charge is 0.338 e. The molecule has 186 valence electrons. The molecule has 0 unspecified atom stereocenters. The fourth-order valence-electron chi connectivity index (χ4n) is 3.46. The van der Waals surface area contributed by atoms with Crippen LogP contribution in [-0.2, 0) is 29.2 Å². The van der Waals surface area contributed by atoms with Gasteiger partial charge in [-0.1, -0.05) is 24.3 Å². The highest BCUT2D eigenvalue weighted by Gasteiger charge is 2.16. The van der Waals surface area contributed by atoms with Crippen LogP contribution < -0.4 is 15.6 Å². The maximum Gasteiger partial charge on any atom is 0.338 e. The van der Waals surface area contributed by atoms with Crippen LogP contribution in [0, 0.1) is 0 Å². The van der Waals surface area contributed by atoms with Crippen molar-refractivity contribution in [1.29, 1.82) is 0 Å². The van der Waals surface area contributed by atoms with Crippen LogP contribution in [0.2, 0.25) is 0 Å². The average molecular weight is 508 g/mol. The molecule has 10 heteroatoms. The second-order valence-electron chi connectivity index (χ2n) is 7.80. The van der Waals surface area contributed by atoms with Crippen LogP contribution in [0.1, 0.15) is 44.6 Å². The van der Waals surface area contributed by atoms with E-state index >= 15 is 0 Å². The van der Waals surface area contributed by atoms with Gasteiger partial charge < -0.3 is 24.5 Å². The van der Waals surface area contributed by atoms with E-state index in [-0.39, 0.29) is 24.9 Å². The molecule has 4 aromatic rings. The third kappa shape index (κ3) is 5.96. The second kappa shape index (κ2) is 11.6. The van der Waals surface area contributed by atoms with Crippen LogP contribution in [0.5, 0.6) is 5.75 Å². The van der Waals surface area contributed by atoms with E-state index in [2.05, 4.69) is 15.3 Å². The van der Waals surface area contributed by atoms with Gasteiger partial charge in [0.2, 0.25) is 5.82 Å². The number of ether oxygens (including phenoxy) is 3.